The SMILES string of the molecule is CCCc1nc(N)sc1Cc1cc(F)ccc1C. The average molecular weight is 264 g/mol. The summed E-state index contributed by atoms with van der Waals surface area (Å²) in [6.07, 6.45) is 2.68. The Balaban J connectivity index is 2.30. The Morgan fingerprint density at radius 2 is 2.17 bits per heavy atom. The molecule has 1 heterocycles. The second-order valence-electron chi connectivity index (χ2n) is 4.42. The molecule has 0 aliphatic carbocycles. The highest BCUT2D eigenvalue weighted by molar-refractivity contribution is 7.15. The third-order valence-electron chi connectivity index (χ3n) is 2.94. The largest absolute Gasteiger partial charge is 0.375 e. The van der Waals surface area contributed by atoms with E-state index in [1.807, 2.05) is 13.0 Å². The molecule has 2 aromatic rings. The van der Waals surface area contributed by atoms with Crippen molar-refractivity contribution in [3.05, 3.63) is 45.7 Å². The smallest absolute Gasteiger partial charge is 0.180 e. The van der Waals surface area contributed by atoms with E-state index in [2.05, 4.69) is 11.9 Å². The molecule has 0 saturated heterocycles. The van der Waals surface area contributed by atoms with Gasteiger partial charge in [0.25, 0.3) is 0 Å². The second-order valence-corrected chi connectivity index (χ2v) is 5.53. The van der Waals surface area contributed by atoms with Crippen LogP contribution in [0.15, 0.2) is 18.2 Å². The number of benzene rings is 1. The van der Waals surface area contributed by atoms with Gasteiger partial charge in [0.05, 0.1) is 5.69 Å². The molecule has 0 atom stereocenters. The molecular weight excluding hydrogens is 247 g/mol. The standard InChI is InChI=1S/C14H17FN2S/c1-3-4-12-13(18-14(16)17-12)8-10-7-11(15)6-5-9(10)2/h5-7H,3-4,8H2,1-2H3,(H2,16,17). The molecule has 2 rings (SSSR count). The van der Waals surface area contributed by atoms with Crippen molar-refractivity contribution in [3.63, 3.8) is 0 Å². The van der Waals surface area contributed by atoms with Crippen LogP contribution in [0.4, 0.5) is 9.52 Å². The van der Waals surface area contributed by atoms with E-state index in [4.69, 9.17) is 5.73 Å². The molecule has 1 aromatic carbocycles. The number of aromatic nitrogens is 1. The number of rotatable bonds is 4. The summed E-state index contributed by atoms with van der Waals surface area (Å²) in [6.45, 7) is 4.12. The van der Waals surface area contributed by atoms with E-state index in [1.54, 1.807) is 6.07 Å². The van der Waals surface area contributed by atoms with E-state index in [0.717, 1.165) is 34.5 Å². The van der Waals surface area contributed by atoms with Gasteiger partial charge in [-0.2, -0.15) is 0 Å². The van der Waals surface area contributed by atoms with Crippen LogP contribution in [-0.4, -0.2) is 4.98 Å². The number of hydrogen-bond donors (Lipinski definition) is 1. The highest BCUT2D eigenvalue weighted by Crippen LogP contribution is 2.26. The first-order chi connectivity index (χ1) is 8.60. The third kappa shape index (κ3) is 2.88. The van der Waals surface area contributed by atoms with E-state index in [0.29, 0.717) is 11.6 Å². The molecule has 0 amide bonds. The Kier molecular flexibility index (Phi) is 3.97. The molecular formula is C14H17FN2S. The molecule has 4 heteroatoms. The molecule has 18 heavy (non-hydrogen) atoms. The minimum Gasteiger partial charge on any atom is -0.375 e. The molecule has 0 aliphatic heterocycles. The predicted octanol–water partition coefficient (Wildman–Crippen LogP) is 3.72. The van der Waals surface area contributed by atoms with Gasteiger partial charge in [-0.05, 0) is 36.6 Å². The van der Waals surface area contributed by atoms with Crippen molar-refractivity contribution in [2.24, 2.45) is 0 Å². The van der Waals surface area contributed by atoms with Gasteiger partial charge in [0.2, 0.25) is 0 Å². The number of nitrogens with two attached hydrogens (primary N) is 1. The summed E-state index contributed by atoms with van der Waals surface area (Å²) in [5.41, 5.74) is 8.94. The monoisotopic (exact) mass is 264 g/mol. The Hall–Kier alpha value is -1.42. The van der Waals surface area contributed by atoms with Gasteiger partial charge >= 0.3 is 0 Å². The van der Waals surface area contributed by atoms with Gasteiger partial charge in [-0.3, -0.25) is 0 Å². The maximum atomic E-state index is 13.3. The number of hydrogen-bond acceptors (Lipinski definition) is 3. The maximum absolute atomic E-state index is 13.3. The molecule has 96 valence electrons. The summed E-state index contributed by atoms with van der Waals surface area (Å²) in [5, 5.41) is 0.600. The summed E-state index contributed by atoms with van der Waals surface area (Å²) in [5.74, 6) is -0.190. The van der Waals surface area contributed by atoms with Gasteiger partial charge in [-0.25, -0.2) is 9.37 Å². The zero-order valence-electron chi connectivity index (χ0n) is 10.7. The Bertz CT molecular complexity index is 549. The molecule has 1 aromatic heterocycles. The molecule has 0 bridgehead atoms. The Labute approximate surface area is 111 Å². The third-order valence-corrected chi connectivity index (χ3v) is 3.87. The molecule has 0 saturated carbocycles. The van der Waals surface area contributed by atoms with E-state index in [1.165, 1.54) is 17.4 Å². The number of anilines is 1. The summed E-state index contributed by atoms with van der Waals surface area (Å²) in [6, 6.07) is 4.91. The molecule has 2 nitrogen and oxygen atoms in total. The topological polar surface area (TPSA) is 38.9 Å². The van der Waals surface area contributed by atoms with Crippen LogP contribution in [0.2, 0.25) is 0 Å². The fourth-order valence-electron chi connectivity index (χ4n) is 1.98. The van der Waals surface area contributed by atoms with E-state index in [-0.39, 0.29) is 5.82 Å². The van der Waals surface area contributed by atoms with Crippen molar-refractivity contribution in [1.82, 2.24) is 4.98 Å². The molecule has 0 spiro atoms. The fraction of sp³-hybridized carbons (Fsp3) is 0.357. The van der Waals surface area contributed by atoms with Crippen molar-refractivity contribution in [2.45, 2.75) is 33.1 Å². The number of halogens is 1. The lowest BCUT2D eigenvalue weighted by atomic mass is 10.0. The van der Waals surface area contributed by atoms with E-state index >= 15 is 0 Å². The lowest BCUT2D eigenvalue weighted by Gasteiger charge is -2.05. The van der Waals surface area contributed by atoms with Crippen molar-refractivity contribution in [3.8, 4) is 0 Å². The van der Waals surface area contributed by atoms with E-state index in [9.17, 15) is 4.39 Å². The number of nitrogen functional groups attached to an aromatic ring is 1. The first kappa shape index (κ1) is 13.0. The molecule has 0 unspecified atom stereocenters. The zero-order valence-corrected chi connectivity index (χ0v) is 11.5. The van der Waals surface area contributed by atoms with Gasteiger partial charge < -0.3 is 5.73 Å². The summed E-state index contributed by atoms with van der Waals surface area (Å²) in [4.78, 5) is 5.51. The van der Waals surface area contributed by atoms with Gasteiger partial charge in [0, 0.05) is 11.3 Å². The Morgan fingerprint density at radius 3 is 2.89 bits per heavy atom. The van der Waals surface area contributed by atoms with Crippen LogP contribution < -0.4 is 5.73 Å². The maximum Gasteiger partial charge on any atom is 0.180 e. The first-order valence-corrected chi connectivity index (χ1v) is 6.91. The van der Waals surface area contributed by atoms with Crippen LogP contribution in [0.1, 0.15) is 35.0 Å². The van der Waals surface area contributed by atoms with Crippen LogP contribution in [0.3, 0.4) is 0 Å². The number of aryl methyl sites for hydroxylation is 2. The fourth-order valence-corrected chi connectivity index (χ4v) is 2.88. The van der Waals surface area contributed by atoms with Gasteiger partial charge in [-0.15, -0.1) is 11.3 Å². The Morgan fingerprint density at radius 1 is 1.39 bits per heavy atom. The average Bonchev–Trinajstić information content (AvgIpc) is 2.65. The van der Waals surface area contributed by atoms with Crippen molar-refractivity contribution < 1.29 is 4.39 Å². The molecule has 0 aliphatic rings. The van der Waals surface area contributed by atoms with Crippen molar-refractivity contribution in [1.29, 1.82) is 0 Å². The quantitative estimate of drug-likeness (QED) is 0.914. The van der Waals surface area contributed by atoms with Gasteiger partial charge in [0.15, 0.2) is 5.13 Å². The normalized spacial score (nSPS) is 10.8. The summed E-state index contributed by atoms with van der Waals surface area (Å²) < 4.78 is 13.3. The zero-order chi connectivity index (χ0) is 13.1. The minimum atomic E-state index is -0.190. The van der Waals surface area contributed by atoms with Crippen LogP contribution in [0, 0.1) is 12.7 Å². The predicted molar refractivity (Wildman–Crippen MR) is 74.5 cm³/mol. The second kappa shape index (κ2) is 5.48. The highest BCUT2D eigenvalue weighted by atomic mass is 32.1. The van der Waals surface area contributed by atoms with Crippen LogP contribution >= 0.6 is 11.3 Å². The van der Waals surface area contributed by atoms with Crippen molar-refractivity contribution in [2.75, 3.05) is 5.73 Å². The lowest BCUT2D eigenvalue weighted by molar-refractivity contribution is 0.625. The van der Waals surface area contributed by atoms with Crippen LogP contribution in [0.25, 0.3) is 0 Å². The van der Waals surface area contributed by atoms with Gasteiger partial charge in [0.1, 0.15) is 5.82 Å². The lowest BCUT2D eigenvalue weighted by Crippen LogP contribution is -1.95. The summed E-state index contributed by atoms with van der Waals surface area (Å²) >= 11 is 1.51. The van der Waals surface area contributed by atoms with Gasteiger partial charge in [-0.1, -0.05) is 19.4 Å². The van der Waals surface area contributed by atoms with E-state index < -0.39 is 0 Å². The number of nitrogens with zero attached hydrogens (tertiary/aromatic N) is 1. The minimum absolute atomic E-state index is 0.190. The molecule has 0 fully saturated rings. The summed E-state index contributed by atoms with van der Waals surface area (Å²) in [7, 11) is 0. The molecule has 2 N–H and O–H groups in total. The van der Waals surface area contributed by atoms with Crippen LogP contribution in [-0.2, 0) is 12.8 Å². The number of thiazole rings is 1. The molecule has 0 radical (unpaired) electrons. The first-order valence-electron chi connectivity index (χ1n) is 6.09. The highest BCUT2D eigenvalue weighted by Gasteiger charge is 2.11. The van der Waals surface area contributed by atoms with Crippen LogP contribution in [0.5, 0.6) is 0 Å². The van der Waals surface area contributed by atoms with Crippen molar-refractivity contribution >= 4 is 16.5 Å².